The number of nitrogens with one attached hydrogen (secondary N) is 2. The van der Waals surface area contributed by atoms with Crippen molar-refractivity contribution in [1.29, 1.82) is 0 Å². The lowest BCUT2D eigenvalue weighted by atomic mass is 10.1. The van der Waals surface area contributed by atoms with Crippen LogP contribution < -0.4 is 11.1 Å². The van der Waals surface area contributed by atoms with Crippen LogP contribution in [-0.2, 0) is 6.42 Å². The van der Waals surface area contributed by atoms with Crippen molar-refractivity contribution in [3.05, 3.63) is 47.9 Å². The second kappa shape index (κ2) is 7.22. The number of aromatic amines is 1. The number of hydrogen-bond acceptors (Lipinski definition) is 7. The van der Waals surface area contributed by atoms with Crippen LogP contribution >= 0.6 is 0 Å². The minimum Gasteiger partial charge on any atom is -0.369 e. The maximum absolute atomic E-state index is 13.6. The summed E-state index contributed by atoms with van der Waals surface area (Å²) in [6.45, 7) is 4.71. The Balaban J connectivity index is 1.71. The molecule has 0 unspecified atom stereocenters. The predicted molar refractivity (Wildman–Crippen MR) is 103 cm³/mol. The van der Waals surface area contributed by atoms with E-state index in [-0.39, 0.29) is 5.92 Å². The summed E-state index contributed by atoms with van der Waals surface area (Å²) in [5, 5.41) is 7.69. The summed E-state index contributed by atoms with van der Waals surface area (Å²) in [5.74, 6) is 1.07. The van der Waals surface area contributed by atoms with Gasteiger partial charge in [-0.25, -0.2) is 14.4 Å². The second-order valence-electron chi connectivity index (χ2n) is 6.72. The smallest absolute Gasteiger partial charge is 0.227 e. The highest BCUT2D eigenvalue weighted by Crippen LogP contribution is 2.24. The number of nitrogens with two attached hydrogens (primary N) is 1. The summed E-state index contributed by atoms with van der Waals surface area (Å²) < 4.78 is 15.3. The van der Waals surface area contributed by atoms with Crippen molar-refractivity contribution >= 4 is 17.5 Å². The van der Waals surface area contributed by atoms with E-state index in [1.807, 2.05) is 0 Å². The number of fused-ring (bicyclic) bond motifs is 1. The van der Waals surface area contributed by atoms with Gasteiger partial charge in [0.2, 0.25) is 5.95 Å². The third-order valence-electron chi connectivity index (χ3n) is 4.31. The Kier molecular flexibility index (Phi) is 4.60. The highest BCUT2D eigenvalue weighted by atomic mass is 19.1. The van der Waals surface area contributed by atoms with Crippen molar-refractivity contribution in [2.45, 2.75) is 26.2 Å². The third kappa shape index (κ3) is 3.48. The molecule has 4 aromatic rings. The first-order chi connectivity index (χ1) is 13.5. The number of halogens is 1. The van der Waals surface area contributed by atoms with Gasteiger partial charge in [-0.1, -0.05) is 13.8 Å². The molecule has 144 valence electrons. The number of pyridine rings is 1. The Morgan fingerprint density at radius 2 is 2.07 bits per heavy atom. The molecule has 0 bridgehead atoms. The first-order valence-corrected chi connectivity index (χ1v) is 8.91. The van der Waals surface area contributed by atoms with E-state index < -0.39 is 5.82 Å². The SMILES string of the molecule is CC(C)c1cnn2c(NCCc3cnc(N)[nH]3)nc(-c3cncc(F)c3)nc12. The van der Waals surface area contributed by atoms with E-state index in [0.717, 1.165) is 17.5 Å². The summed E-state index contributed by atoms with van der Waals surface area (Å²) >= 11 is 0. The van der Waals surface area contributed by atoms with Gasteiger partial charge in [-0.2, -0.15) is 14.6 Å². The standard InChI is InChI=1S/C18H20FN9/c1-10(2)14-9-24-28-16(14)26-15(11-5-12(19)7-21-6-11)27-18(28)22-4-3-13-8-23-17(20)25-13/h5-10H,3-4H2,1-2H3,(H3,20,23,25)(H,22,26,27). The minimum absolute atomic E-state index is 0.228. The molecule has 0 saturated carbocycles. The molecule has 0 saturated heterocycles. The van der Waals surface area contributed by atoms with Crippen molar-refractivity contribution in [3.8, 4) is 11.4 Å². The number of nitrogens with zero attached hydrogens (tertiary/aromatic N) is 6. The summed E-state index contributed by atoms with van der Waals surface area (Å²) in [4.78, 5) is 20.0. The summed E-state index contributed by atoms with van der Waals surface area (Å²) in [7, 11) is 0. The molecule has 0 aromatic carbocycles. The molecule has 4 aromatic heterocycles. The lowest BCUT2D eigenvalue weighted by Crippen LogP contribution is -2.13. The number of nitrogen functional groups attached to an aromatic ring is 1. The van der Waals surface area contributed by atoms with Gasteiger partial charge in [0.15, 0.2) is 17.4 Å². The maximum atomic E-state index is 13.6. The Hall–Kier alpha value is -3.56. The first kappa shape index (κ1) is 17.8. The molecule has 4 N–H and O–H groups in total. The lowest BCUT2D eigenvalue weighted by Gasteiger charge is -2.10. The van der Waals surface area contributed by atoms with Gasteiger partial charge in [-0.3, -0.25) is 4.98 Å². The molecule has 0 aliphatic rings. The zero-order valence-corrected chi connectivity index (χ0v) is 15.5. The van der Waals surface area contributed by atoms with Crippen molar-refractivity contribution in [2.24, 2.45) is 0 Å². The largest absolute Gasteiger partial charge is 0.369 e. The van der Waals surface area contributed by atoms with E-state index in [1.165, 1.54) is 12.3 Å². The van der Waals surface area contributed by atoms with Crippen LogP contribution in [0.4, 0.5) is 16.3 Å². The highest BCUT2D eigenvalue weighted by molar-refractivity contribution is 5.61. The van der Waals surface area contributed by atoms with Crippen LogP contribution in [0.5, 0.6) is 0 Å². The zero-order chi connectivity index (χ0) is 19.7. The lowest BCUT2D eigenvalue weighted by molar-refractivity contribution is 0.622. The molecule has 0 spiro atoms. The molecule has 0 radical (unpaired) electrons. The van der Waals surface area contributed by atoms with E-state index in [2.05, 4.69) is 49.2 Å². The number of H-pyrrole nitrogens is 1. The zero-order valence-electron chi connectivity index (χ0n) is 15.5. The molecule has 0 aliphatic heterocycles. The van der Waals surface area contributed by atoms with Crippen molar-refractivity contribution < 1.29 is 4.39 Å². The van der Waals surface area contributed by atoms with Gasteiger partial charge in [0.25, 0.3) is 0 Å². The van der Waals surface area contributed by atoms with Gasteiger partial charge in [0.05, 0.1) is 18.6 Å². The van der Waals surface area contributed by atoms with Gasteiger partial charge >= 0.3 is 0 Å². The van der Waals surface area contributed by atoms with Crippen LogP contribution in [0, 0.1) is 5.82 Å². The van der Waals surface area contributed by atoms with Crippen molar-refractivity contribution in [1.82, 2.24) is 34.5 Å². The Morgan fingerprint density at radius 3 is 2.79 bits per heavy atom. The summed E-state index contributed by atoms with van der Waals surface area (Å²) in [6, 6.07) is 1.36. The topological polar surface area (TPSA) is 123 Å². The van der Waals surface area contributed by atoms with Crippen LogP contribution in [0.1, 0.15) is 31.0 Å². The molecule has 0 atom stereocenters. The number of imidazole rings is 1. The van der Waals surface area contributed by atoms with E-state index in [9.17, 15) is 4.39 Å². The van der Waals surface area contributed by atoms with Gasteiger partial charge in [0.1, 0.15) is 5.82 Å². The number of anilines is 2. The highest BCUT2D eigenvalue weighted by Gasteiger charge is 2.16. The molecule has 0 fully saturated rings. The van der Waals surface area contributed by atoms with Crippen molar-refractivity contribution in [3.63, 3.8) is 0 Å². The van der Waals surface area contributed by atoms with Crippen molar-refractivity contribution in [2.75, 3.05) is 17.6 Å². The Morgan fingerprint density at radius 1 is 1.21 bits per heavy atom. The number of aromatic nitrogens is 7. The molecular weight excluding hydrogens is 361 g/mol. The number of hydrogen-bond donors (Lipinski definition) is 3. The monoisotopic (exact) mass is 381 g/mol. The third-order valence-corrected chi connectivity index (χ3v) is 4.31. The van der Waals surface area contributed by atoms with Gasteiger partial charge < -0.3 is 16.0 Å². The molecule has 10 heteroatoms. The average Bonchev–Trinajstić information content (AvgIpc) is 3.27. The molecule has 28 heavy (non-hydrogen) atoms. The van der Waals surface area contributed by atoms with Gasteiger partial charge in [-0.05, 0) is 12.0 Å². The van der Waals surface area contributed by atoms with Crippen LogP contribution in [-0.4, -0.2) is 41.1 Å². The first-order valence-electron chi connectivity index (χ1n) is 8.91. The van der Waals surface area contributed by atoms with E-state index in [4.69, 9.17) is 5.73 Å². The Bertz CT molecular complexity index is 1120. The van der Waals surface area contributed by atoms with E-state index in [1.54, 1.807) is 16.9 Å². The number of rotatable bonds is 6. The van der Waals surface area contributed by atoms with Crippen LogP contribution in [0.3, 0.4) is 0 Å². The summed E-state index contributed by atoms with van der Waals surface area (Å²) in [5.41, 5.74) is 8.68. The summed E-state index contributed by atoms with van der Waals surface area (Å²) in [6.07, 6.45) is 6.84. The van der Waals surface area contributed by atoms with Crippen LogP contribution in [0.25, 0.3) is 17.0 Å². The minimum atomic E-state index is -0.440. The van der Waals surface area contributed by atoms with E-state index >= 15 is 0 Å². The van der Waals surface area contributed by atoms with Gasteiger partial charge in [-0.15, -0.1) is 0 Å². The predicted octanol–water partition coefficient (Wildman–Crippen LogP) is 2.41. The molecular formula is C18H20FN9. The molecule has 4 rings (SSSR count). The fourth-order valence-corrected chi connectivity index (χ4v) is 2.89. The average molecular weight is 381 g/mol. The fourth-order valence-electron chi connectivity index (χ4n) is 2.89. The normalized spacial score (nSPS) is 11.4. The quantitative estimate of drug-likeness (QED) is 0.469. The van der Waals surface area contributed by atoms with Crippen LogP contribution in [0.15, 0.2) is 30.9 Å². The molecule has 0 amide bonds. The fraction of sp³-hybridized carbons (Fsp3) is 0.278. The second-order valence-corrected chi connectivity index (χ2v) is 6.72. The van der Waals surface area contributed by atoms with E-state index in [0.29, 0.717) is 41.9 Å². The molecule has 9 nitrogen and oxygen atoms in total. The van der Waals surface area contributed by atoms with Gasteiger partial charge in [0, 0.05) is 36.0 Å². The van der Waals surface area contributed by atoms with Crippen LogP contribution in [0.2, 0.25) is 0 Å². The molecule has 4 heterocycles. The maximum Gasteiger partial charge on any atom is 0.227 e. The Labute approximate surface area is 160 Å². The molecule has 0 aliphatic carbocycles.